The zero-order chi connectivity index (χ0) is 19.3. The van der Waals surface area contributed by atoms with E-state index in [0.717, 1.165) is 32.1 Å². The van der Waals surface area contributed by atoms with Crippen LogP contribution >= 0.6 is 0 Å². The maximum atomic E-state index is 12.0. The lowest BCUT2D eigenvalue weighted by molar-refractivity contribution is -0.145. The number of carbonyl (C=O) groups excluding carboxylic acids is 2. The monoisotopic (exact) mass is 358 g/mol. The number of esters is 1. The van der Waals surface area contributed by atoms with Crippen LogP contribution in [-0.2, 0) is 40.2 Å². The van der Waals surface area contributed by atoms with Gasteiger partial charge >= 0.3 is 5.97 Å². The second-order valence-electron chi connectivity index (χ2n) is 8.51. The van der Waals surface area contributed by atoms with E-state index in [1.807, 2.05) is 13.8 Å². The van der Waals surface area contributed by atoms with E-state index in [2.05, 4.69) is 26.8 Å². The number of hydrogen-bond donors (Lipinski definition) is 0. The molecular formula is C23H34O3. The zero-order valence-corrected chi connectivity index (χ0v) is 17.2. The summed E-state index contributed by atoms with van der Waals surface area (Å²) >= 11 is 0. The molecule has 2 rings (SSSR count). The molecule has 0 aliphatic heterocycles. The maximum Gasteiger partial charge on any atom is 0.306 e. The Balaban J connectivity index is 2.30. The Kier molecular flexibility index (Phi) is 7.02. The van der Waals surface area contributed by atoms with Crippen LogP contribution in [0, 0.1) is 12.3 Å². The van der Waals surface area contributed by atoms with Gasteiger partial charge in [-0.05, 0) is 72.3 Å². The molecule has 3 nitrogen and oxygen atoms in total. The molecule has 1 aromatic carbocycles. The minimum Gasteiger partial charge on any atom is -0.461 e. The van der Waals surface area contributed by atoms with E-state index < -0.39 is 0 Å². The average molecular weight is 359 g/mol. The summed E-state index contributed by atoms with van der Waals surface area (Å²) in [7, 11) is 0. The minimum absolute atomic E-state index is 0.131. The maximum absolute atomic E-state index is 12.0. The van der Waals surface area contributed by atoms with Gasteiger partial charge in [-0.25, -0.2) is 0 Å². The van der Waals surface area contributed by atoms with Crippen molar-refractivity contribution in [2.24, 2.45) is 5.41 Å². The Morgan fingerprint density at radius 2 is 1.73 bits per heavy atom. The molecule has 0 saturated carbocycles. The molecule has 144 valence electrons. The fourth-order valence-corrected chi connectivity index (χ4v) is 4.10. The predicted octanol–water partition coefficient (Wildman–Crippen LogP) is 5.26. The quantitative estimate of drug-likeness (QED) is 0.565. The topological polar surface area (TPSA) is 43.4 Å². The normalized spacial score (nSPS) is 15.0. The number of hydrogen-bond acceptors (Lipinski definition) is 3. The van der Waals surface area contributed by atoms with Crippen molar-refractivity contribution in [1.29, 1.82) is 0 Å². The van der Waals surface area contributed by atoms with Crippen LogP contribution in [0.5, 0.6) is 0 Å². The van der Waals surface area contributed by atoms with Crippen LogP contribution in [0.4, 0.5) is 0 Å². The lowest BCUT2D eigenvalue weighted by Gasteiger charge is -2.18. The number of aryl methyl sites for hydroxylation is 1. The number of benzene rings is 1. The van der Waals surface area contributed by atoms with Gasteiger partial charge in [0.1, 0.15) is 12.4 Å². The number of ketones is 1. The highest BCUT2D eigenvalue weighted by Crippen LogP contribution is 2.40. The van der Waals surface area contributed by atoms with E-state index >= 15 is 0 Å². The van der Waals surface area contributed by atoms with Gasteiger partial charge in [0.15, 0.2) is 0 Å². The molecule has 0 spiro atoms. The number of ether oxygens (including phenoxy) is 1. The number of carbonyl (C=O) groups is 2. The summed E-state index contributed by atoms with van der Waals surface area (Å²) in [6, 6.07) is 2.29. The van der Waals surface area contributed by atoms with Crippen molar-refractivity contribution in [3.05, 3.63) is 33.9 Å². The lowest BCUT2D eigenvalue weighted by Crippen LogP contribution is -2.12. The molecule has 0 amide bonds. The Morgan fingerprint density at radius 1 is 1.04 bits per heavy atom. The van der Waals surface area contributed by atoms with E-state index in [9.17, 15) is 9.59 Å². The third-order valence-electron chi connectivity index (χ3n) is 5.32. The minimum atomic E-state index is -0.131. The second kappa shape index (κ2) is 8.83. The van der Waals surface area contributed by atoms with Crippen LogP contribution in [0.3, 0.4) is 0 Å². The van der Waals surface area contributed by atoms with Gasteiger partial charge in [0.25, 0.3) is 0 Å². The van der Waals surface area contributed by atoms with E-state index in [-0.39, 0.29) is 11.4 Å². The van der Waals surface area contributed by atoms with Gasteiger partial charge in [-0.1, -0.05) is 33.8 Å². The standard InChI is InChI=1S/C23H34O3/c1-6-8-18(24)10-11-19-16(3)12-17-13-23(4,5)14-20(17)21(19)15-26-22(25)9-7-2/h12H,6-11,13-15H2,1-5H3. The Bertz CT molecular complexity index is 671. The molecule has 0 N–H and O–H groups in total. The van der Waals surface area contributed by atoms with Crippen LogP contribution in [0.25, 0.3) is 0 Å². The third kappa shape index (κ3) is 5.18. The molecule has 26 heavy (non-hydrogen) atoms. The van der Waals surface area contributed by atoms with Gasteiger partial charge in [0, 0.05) is 19.3 Å². The number of Topliss-reactive ketones (excluding diaryl/α,β-unsaturated/α-hetero) is 1. The molecule has 0 unspecified atom stereocenters. The van der Waals surface area contributed by atoms with Crippen molar-refractivity contribution in [1.82, 2.24) is 0 Å². The molecule has 0 aromatic heterocycles. The van der Waals surface area contributed by atoms with E-state index in [4.69, 9.17) is 4.74 Å². The van der Waals surface area contributed by atoms with Crippen LogP contribution in [0.1, 0.15) is 87.6 Å². The molecule has 0 radical (unpaired) electrons. The van der Waals surface area contributed by atoms with Crippen molar-refractivity contribution in [3.63, 3.8) is 0 Å². The van der Waals surface area contributed by atoms with Crippen molar-refractivity contribution in [2.75, 3.05) is 0 Å². The van der Waals surface area contributed by atoms with Gasteiger partial charge in [-0.15, -0.1) is 0 Å². The fourth-order valence-electron chi connectivity index (χ4n) is 4.10. The van der Waals surface area contributed by atoms with Crippen LogP contribution < -0.4 is 0 Å². The largest absolute Gasteiger partial charge is 0.461 e. The SMILES string of the molecule is CCCC(=O)CCc1c(C)cc2c(c1COC(=O)CCC)CC(C)(C)C2. The molecule has 0 atom stereocenters. The van der Waals surface area contributed by atoms with Gasteiger partial charge in [-0.3, -0.25) is 9.59 Å². The van der Waals surface area contributed by atoms with Gasteiger partial charge in [-0.2, -0.15) is 0 Å². The summed E-state index contributed by atoms with van der Waals surface area (Å²) in [5, 5.41) is 0. The zero-order valence-electron chi connectivity index (χ0n) is 17.2. The first-order chi connectivity index (χ1) is 12.3. The third-order valence-corrected chi connectivity index (χ3v) is 5.32. The Hall–Kier alpha value is -1.64. The van der Waals surface area contributed by atoms with Crippen molar-refractivity contribution in [3.8, 4) is 0 Å². The number of fused-ring (bicyclic) bond motifs is 1. The first-order valence-corrected chi connectivity index (χ1v) is 10.1. The van der Waals surface area contributed by atoms with Gasteiger partial charge in [0.05, 0.1) is 0 Å². The molecule has 0 heterocycles. The lowest BCUT2D eigenvalue weighted by atomic mass is 9.88. The van der Waals surface area contributed by atoms with Gasteiger partial charge < -0.3 is 4.74 Å². The highest BCUT2D eigenvalue weighted by molar-refractivity contribution is 5.78. The smallest absolute Gasteiger partial charge is 0.306 e. The summed E-state index contributed by atoms with van der Waals surface area (Å²) in [4.78, 5) is 24.0. The highest BCUT2D eigenvalue weighted by atomic mass is 16.5. The fraction of sp³-hybridized carbons (Fsp3) is 0.652. The second-order valence-corrected chi connectivity index (χ2v) is 8.51. The molecule has 3 heteroatoms. The van der Waals surface area contributed by atoms with Crippen molar-refractivity contribution >= 4 is 11.8 Å². The molecule has 0 saturated heterocycles. The van der Waals surface area contributed by atoms with Crippen LogP contribution in [0.15, 0.2) is 6.07 Å². The van der Waals surface area contributed by atoms with Crippen molar-refractivity contribution in [2.45, 2.75) is 92.6 Å². The Labute approximate surface area is 158 Å². The summed E-state index contributed by atoms with van der Waals surface area (Å²) in [5.74, 6) is 0.190. The molecule has 0 bridgehead atoms. The van der Waals surface area contributed by atoms with Crippen LogP contribution in [-0.4, -0.2) is 11.8 Å². The highest BCUT2D eigenvalue weighted by Gasteiger charge is 2.32. The molecular weight excluding hydrogens is 324 g/mol. The van der Waals surface area contributed by atoms with E-state index in [1.54, 1.807) is 0 Å². The van der Waals surface area contributed by atoms with Gasteiger partial charge in [0.2, 0.25) is 0 Å². The first-order valence-electron chi connectivity index (χ1n) is 10.1. The van der Waals surface area contributed by atoms with Crippen molar-refractivity contribution < 1.29 is 14.3 Å². The Morgan fingerprint density at radius 3 is 2.38 bits per heavy atom. The molecule has 1 aliphatic rings. The van der Waals surface area contributed by atoms with E-state index in [0.29, 0.717) is 31.7 Å². The molecule has 1 aromatic rings. The summed E-state index contributed by atoms with van der Waals surface area (Å²) in [6.07, 6.45) is 6.22. The summed E-state index contributed by atoms with van der Waals surface area (Å²) < 4.78 is 5.59. The summed E-state index contributed by atoms with van der Waals surface area (Å²) in [5.41, 5.74) is 6.59. The number of rotatable bonds is 9. The first kappa shape index (κ1) is 20.7. The summed E-state index contributed by atoms with van der Waals surface area (Å²) in [6.45, 7) is 11.1. The molecule has 0 fully saturated rings. The predicted molar refractivity (Wildman–Crippen MR) is 105 cm³/mol. The average Bonchev–Trinajstić information content (AvgIpc) is 2.85. The van der Waals surface area contributed by atoms with Crippen LogP contribution in [0.2, 0.25) is 0 Å². The molecule has 1 aliphatic carbocycles. The van der Waals surface area contributed by atoms with E-state index in [1.165, 1.54) is 27.8 Å².